The molecule has 1 unspecified atom stereocenters. The maximum absolute atomic E-state index is 12.0. The number of nitrogens with one attached hydrogen (secondary N) is 1. The van der Waals surface area contributed by atoms with Crippen molar-refractivity contribution in [3.05, 3.63) is 17.7 Å². The van der Waals surface area contributed by atoms with Crippen molar-refractivity contribution in [1.29, 1.82) is 0 Å². The molecule has 1 atom stereocenters. The fourth-order valence-electron chi connectivity index (χ4n) is 2.31. The monoisotopic (exact) mass is 339 g/mol. The Hall–Kier alpha value is -2.44. The van der Waals surface area contributed by atoms with Gasteiger partial charge in [-0.3, -0.25) is 9.59 Å². The van der Waals surface area contributed by atoms with Gasteiger partial charge in [-0.15, -0.1) is 0 Å². The quantitative estimate of drug-likeness (QED) is 0.636. The molecule has 0 saturated heterocycles. The third-order valence-electron chi connectivity index (χ3n) is 3.61. The lowest BCUT2D eigenvalue weighted by molar-refractivity contribution is -0.137. The number of ether oxygens (including phenoxy) is 3. The molecule has 7 nitrogen and oxygen atoms in total. The average molecular weight is 339 g/mol. The molecule has 7 heteroatoms. The Bertz CT molecular complexity index is 547. The van der Waals surface area contributed by atoms with E-state index in [4.69, 9.17) is 19.3 Å². The molecule has 0 bridgehead atoms. The van der Waals surface area contributed by atoms with Crippen LogP contribution in [0.5, 0.6) is 17.2 Å². The highest BCUT2D eigenvalue weighted by Crippen LogP contribution is 2.39. The van der Waals surface area contributed by atoms with Crippen LogP contribution in [0.25, 0.3) is 0 Å². The molecule has 0 aromatic heterocycles. The number of carboxylic acid groups (broad SMARTS) is 1. The summed E-state index contributed by atoms with van der Waals surface area (Å²) in [7, 11) is 4.60. The first-order valence-electron chi connectivity index (χ1n) is 7.74. The number of hydrogen-bond donors (Lipinski definition) is 2. The van der Waals surface area contributed by atoms with Crippen LogP contribution in [-0.2, 0) is 9.59 Å². The van der Waals surface area contributed by atoms with Crippen molar-refractivity contribution >= 4 is 11.9 Å². The van der Waals surface area contributed by atoms with Crippen LogP contribution >= 0.6 is 0 Å². The van der Waals surface area contributed by atoms with Gasteiger partial charge in [0, 0.05) is 12.8 Å². The van der Waals surface area contributed by atoms with Gasteiger partial charge in [-0.05, 0) is 37.5 Å². The highest BCUT2D eigenvalue weighted by atomic mass is 16.5. The van der Waals surface area contributed by atoms with E-state index in [0.717, 1.165) is 5.56 Å². The van der Waals surface area contributed by atoms with Gasteiger partial charge >= 0.3 is 5.97 Å². The van der Waals surface area contributed by atoms with Gasteiger partial charge < -0.3 is 24.6 Å². The Morgan fingerprint density at radius 2 is 1.58 bits per heavy atom. The third-order valence-corrected chi connectivity index (χ3v) is 3.61. The van der Waals surface area contributed by atoms with Gasteiger partial charge in [0.25, 0.3) is 0 Å². The number of carboxylic acids is 1. The Morgan fingerprint density at radius 1 is 1.04 bits per heavy atom. The van der Waals surface area contributed by atoms with Gasteiger partial charge in [0.15, 0.2) is 11.5 Å². The molecule has 0 saturated carbocycles. The van der Waals surface area contributed by atoms with Gasteiger partial charge in [0.1, 0.15) is 0 Å². The predicted octanol–water partition coefficient (Wildman–Crippen LogP) is 2.53. The summed E-state index contributed by atoms with van der Waals surface area (Å²) in [4.78, 5) is 22.4. The number of unbranched alkanes of at least 4 members (excludes halogenated alkanes) is 1. The maximum atomic E-state index is 12.0. The summed E-state index contributed by atoms with van der Waals surface area (Å²) in [6.45, 7) is 1.86. The lowest BCUT2D eigenvalue weighted by Crippen LogP contribution is -2.26. The predicted molar refractivity (Wildman–Crippen MR) is 88.8 cm³/mol. The minimum Gasteiger partial charge on any atom is -0.493 e. The van der Waals surface area contributed by atoms with Crippen LogP contribution in [-0.4, -0.2) is 38.3 Å². The first kappa shape index (κ1) is 19.6. The van der Waals surface area contributed by atoms with Gasteiger partial charge in [0.05, 0.1) is 27.4 Å². The van der Waals surface area contributed by atoms with Crippen LogP contribution in [0.4, 0.5) is 0 Å². The van der Waals surface area contributed by atoms with E-state index in [2.05, 4.69) is 5.32 Å². The number of hydrogen-bond acceptors (Lipinski definition) is 5. The summed E-state index contributed by atoms with van der Waals surface area (Å²) < 4.78 is 15.9. The number of amides is 1. The normalized spacial score (nSPS) is 11.5. The second-order valence-corrected chi connectivity index (χ2v) is 5.35. The van der Waals surface area contributed by atoms with E-state index in [1.165, 1.54) is 21.3 Å². The van der Waals surface area contributed by atoms with Crippen molar-refractivity contribution in [2.75, 3.05) is 21.3 Å². The van der Waals surface area contributed by atoms with Crippen LogP contribution in [0.15, 0.2) is 12.1 Å². The van der Waals surface area contributed by atoms with E-state index in [1.54, 1.807) is 12.1 Å². The lowest BCUT2D eigenvalue weighted by atomic mass is 10.1. The van der Waals surface area contributed by atoms with E-state index in [1.807, 2.05) is 6.92 Å². The summed E-state index contributed by atoms with van der Waals surface area (Å²) in [6, 6.07) is 3.33. The molecule has 0 radical (unpaired) electrons. The molecule has 0 fully saturated rings. The van der Waals surface area contributed by atoms with Crippen LogP contribution < -0.4 is 19.5 Å². The zero-order valence-corrected chi connectivity index (χ0v) is 14.5. The summed E-state index contributed by atoms with van der Waals surface area (Å²) >= 11 is 0. The fraction of sp³-hybridized carbons (Fsp3) is 0.529. The second kappa shape index (κ2) is 9.64. The van der Waals surface area contributed by atoms with Crippen LogP contribution in [0, 0.1) is 0 Å². The van der Waals surface area contributed by atoms with Crippen molar-refractivity contribution in [2.24, 2.45) is 0 Å². The number of benzene rings is 1. The molecule has 1 rings (SSSR count). The number of rotatable bonds is 10. The molecule has 1 amide bonds. The fourth-order valence-corrected chi connectivity index (χ4v) is 2.31. The SMILES string of the molecule is COc1cc(C(C)NC(=O)CCCCC(=O)O)cc(OC)c1OC. The van der Waals surface area contributed by atoms with Crippen molar-refractivity contribution in [3.8, 4) is 17.2 Å². The van der Waals surface area contributed by atoms with E-state index >= 15 is 0 Å². The van der Waals surface area contributed by atoms with Crippen molar-refractivity contribution in [2.45, 2.75) is 38.6 Å². The molecule has 0 heterocycles. The summed E-state index contributed by atoms with van der Waals surface area (Å²) in [5, 5.41) is 11.5. The average Bonchev–Trinajstić information content (AvgIpc) is 2.56. The number of carbonyl (C=O) groups is 2. The second-order valence-electron chi connectivity index (χ2n) is 5.35. The van der Waals surface area contributed by atoms with E-state index in [-0.39, 0.29) is 18.4 Å². The van der Waals surface area contributed by atoms with Crippen LogP contribution in [0.2, 0.25) is 0 Å². The summed E-state index contributed by atoms with van der Waals surface area (Å²) in [6.07, 6.45) is 1.40. The van der Waals surface area contributed by atoms with E-state index in [9.17, 15) is 9.59 Å². The largest absolute Gasteiger partial charge is 0.493 e. The van der Waals surface area contributed by atoms with Gasteiger partial charge in [-0.25, -0.2) is 0 Å². The van der Waals surface area contributed by atoms with Crippen LogP contribution in [0.1, 0.15) is 44.2 Å². The Labute approximate surface area is 141 Å². The molecule has 1 aromatic carbocycles. The standard InChI is InChI=1S/C17H25NO6/c1-11(18-15(19)7-5-6-8-16(20)21)12-9-13(22-2)17(24-4)14(10-12)23-3/h9-11H,5-8H2,1-4H3,(H,18,19)(H,20,21). The van der Waals surface area contributed by atoms with E-state index < -0.39 is 5.97 Å². The third kappa shape index (κ3) is 5.64. The summed E-state index contributed by atoms with van der Waals surface area (Å²) in [5.41, 5.74) is 0.823. The van der Waals surface area contributed by atoms with Crippen molar-refractivity contribution in [1.82, 2.24) is 5.32 Å². The smallest absolute Gasteiger partial charge is 0.303 e. The Balaban J connectivity index is 2.71. The minimum atomic E-state index is -0.846. The molecule has 2 N–H and O–H groups in total. The molecule has 0 aliphatic heterocycles. The lowest BCUT2D eigenvalue weighted by Gasteiger charge is -2.18. The van der Waals surface area contributed by atoms with Gasteiger partial charge in [0.2, 0.25) is 11.7 Å². The number of carbonyl (C=O) groups excluding carboxylic acids is 1. The first-order chi connectivity index (χ1) is 11.4. The Morgan fingerprint density at radius 3 is 2.04 bits per heavy atom. The number of methoxy groups -OCH3 is 3. The maximum Gasteiger partial charge on any atom is 0.303 e. The molecular formula is C17H25NO6. The van der Waals surface area contributed by atoms with Gasteiger partial charge in [-0.1, -0.05) is 0 Å². The molecule has 24 heavy (non-hydrogen) atoms. The van der Waals surface area contributed by atoms with Crippen molar-refractivity contribution in [3.63, 3.8) is 0 Å². The molecule has 1 aromatic rings. The van der Waals surface area contributed by atoms with Crippen molar-refractivity contribution < 1.29 is 28.9 Å². The first-order valence-corrected chi connectivity index (χ1v) is 7.74. The molecule has 0 spiro atoms. The minimum absolute atomic E-state index is 0.0791. The molecule has 134 valence electrons. The summed E-state index contributed by atoms with van der Waals surface area (Å²) in [5.74, 6) is 0.572. The highest BCUT2D eigenvalue weighted by Gasteiger charge is 2.17. The topological polar surface area (TPSA) is 94.1 Å². The molecule has 0 aliphatic carbocycles. The van der Waals surface area contributed by atoms with E-state index in [0.29, 0.717) is 36.5 Å². The zero-order valence-electron chi connectivity index (χ0n) is 14.5. The zero-order chi connectivity index (χ0) is 18.1. The molecular weight excluding hydrogens is 314 g/mol. The highest BCUT2D eigenvalue weighted by molar-refractivity contribution is 5.76. The van der Waals surface area contributed by atoms with Crippen LogP contribution in [0.3, 0.4) is 0 Å². The molecule has 0 aliphatic rings. The van der Waals surface area contributed by atoms with Gasteiger partial charge in [-0.2, -0.15) is 0 Å². The Kier molecular flexibility index (Phi) is 7.88. The number of aliphatic carboxylic acids is 1.